The topological polar surface area (TPSA) is 67.7 Å². The number of hydrogen-bond donors (Lipinski definition) is 1. The quantitative estimate of drug-likeness (QED) is 0.371. The summed E-state index contributed by atoms with van der Waals surface area (Å²) in [4.78, 5) is 12.2. The van der Waals surface area contributed by atoms with Crippen molar-refractivity contribution >= 4 is 39.0 Å². The zero-order chi connectivity index (χ0) is 17.9. The number of nitrogens with zero attached hydrogens (tertiary/aromatic N) is 1. The summed E-state index contributed by atoms with van der Waals surface area (Å²) in [5.41, 5.74) is 4.05. The maximum atomic E-state index is 12.2. The Hall–Kier alpha value is -3.12. The first-order chi connectivity index (χ1) is 12.7. The third-order valence-corrected chi connectivity index (χ3v) is 4.24. The molecule has 4 aromatic rings. The first-order valence-corrected chi connectivity index (χ1v) is 8.66. The standard InChI is InChI=1S/C20H13BrN2O3/c21-15-6-8-18-14(10-15)11-19(26-18)20(24)23-22-12-16-7-9-17(25-16)13-4-2-1-3-5-13/h1-12H,(H,23,24)/b22-12+. The van der Waals surface area contributed by atoms with Crippen LogP contribution in [0.3, 0.4) is 0 Å². The van der Waals surface area contributed by atoms with Crippen molar-refractivity contribution in [3.8, 4) is 11.3 Å². The molecule has 2 aromatic carbocycles. The molecule has 0 fully saturated rings. The highest BCUT2D eigenvalue weighted by atomic mass is 79.9. The minimum Gasteiger partial charge on any atom is -0.455 e. The Bertz CT molecular complexity index is 1100. The van der Waals surface area contributed by atoms with Crippen LogP contribution < -0.4 is 5.43 Å². The molecule has 0 aliphatic heterocycles. The molecule has 0 aliphatic carbocycles. The molecule has 0 bridgehead atoms. The van der Waals surface area contributed by atoms with Crippen molar-refractivity contribution in [2.45, 2.75) is 0 Å². The van der Waals surface area contributed by atoms with Crippen molar-refractivity contribution in [2.24, 2.45) is 5.10 Å². The van der Waals surface area contributed by atoms with Crippen LogP contribution in [0, 0.1) is 0 Å². The Morgan fingerprint density at radius 2 is 1.85 bits per heavy atom. The molecule has 0 saturated carbocycles. The smallest absolute Gasteiger partial charge is 0.307 e. The van der Waals surface area contributed by atoms with Crippen molar-refractivity contribution in [3.05, 3.63) is 82.7 Å². The van der Waals surface area contributed by atoms with E-state index in [-0.39, 0.29) is 5.76 Å². The molecule has 0 atom stereocenters. The van der Waals surface area contributed by atoms with E-state index in [1.54, 1.807) is 18.2 Å². The number of hydrogen-bond acceptors (Lipinski definition) is 4. The van der Waals surface area contributed by atoms with Gasteiger partial charge in [-0.05, 0) is 36.4 Å². The molecule has 6 heteroatoms. The summed E-state index contributed by atoms with van der Waals surface area (Å²) in [6.45, 7) is 0. The van der Waals surface area contributed by atoms with Gasteiger partial charge in [0.15, 0.2) is 5.76 Å². The number of furan rings is 2. The molecule has 0 radical (unpaired) electrons. The number of nitrogens with one attached hydrogen (secondary N) is 1. The van der Waals surface area contributed by atoms with Gasteiger partial charge in [0.05, 0.1) is 6.21 Å². The van der Waals surface area contributed by atoms with Gasteiger partial charge in [0.2, 0.25) is 0 Å². The minimum atomic E-state index is -0.427. The summed E-state index contributed by atoms with van der Waals surface area (Å²) in [5.74, 6) is 1.04. The van der Waals surface area contributed by atoms with Gasteiger partial charge in [0.25, 0.3) is 0 Å². The van der Waals surface area contributed by atoms with Crippen molar-refractivity contribution in [3.63, 3.8) is 0 Å². The van der Waals surface area contributed by atoms with Crippen molar-refractivity contribution < 1.29 is 13.6 Å². The van der Waals surface area contributed by atoms with E-state index in [1.165, 1.54) is 6.21 Å². The molecular weight excluding hydrogens is 396 g/mol. The lowest BCUT2D eigenvalue weighted by atomic mass is 10.2. The Labute approximate surface area is 157 Å². The van der Waals surface area contributed by atoms with Crippen LogP contribution in [0.1, 0.15) is 16.3 Å². The van der Waals surface area contributed by atoms with E-state index >= 15 is 0 Å². The first-order valence-electron chi connectivity index (χ1n) is 7.87. The lowest BCUT2D eigenvalue weighted by Crippen LogP contribution is -2.16. The highest BCUT2D eigenvalue weighted by molar-refractivity contribution is 9.10. The third kappa shape index (κ3) is 3.45. The summed E-state index contributed by atoms with van der Waals surface area (Å²) in [6.07, 6.45) is 1.45. The van der Waals surface area contributed by atoms with Crippen LogP contribution in [0.5, 0.6) is 0 Å². The Balaban J connectivity index is 1.44. The van der Waals surface area contributed by atoms with Gasteiger partial charge in [-0.3, -0.25) is 4.79 Å². The molecule has 0 spiro atoms. The van der Waals surface area contributed by atoms with Gasteiger partial charge in [0.1, 0.15) is 17.1 Å². The molecule has 0 unspecified atom stereocenters. The zero-order valence-electron chi connectivity index (χ0n) is 13.5. The number of carbonyl (C=O) groups excluding carboxylic acids is 1. The van der Waals surface area contributed by atoms with Gasteiger partial charge < -0.3 is 8.83 Å². The number of amides is 1. The van der Waals surface area contributed by atoms with Crippen LogP contribution >= 0.6 is 15.9 Å². The highest BCUT2D eigenvalue weighted by Crippen LogP contribution is 2.23. The van der Waals surface area contributed by atoms with Gasteiger partial charge >= 0.3 is 5.91 Å². The molecule has 2 heterocycles. The van der Waals surface area contributed by atoms with Crippen LogP contribution in [0.15, 0.2) is 85.1 Å². The second-order valence-corrected chi connectivity index (χ2v) is 6.48. The molecule has 0 aliphatic rings. The molecule has 128 valence electrons. The number of benzene rings is 2. The number of fused-ring (bicyclic) bond motifs is 1. The second-order valence-electron chi connectivity index (χ2n) is 5.56. The van der Waals surface area contributed by atoms with Gasteiger partial charge in [-0.25, -0.2) is 5.43 Å². The van der Waals surface area contributed by atoms with Crippen LogP contribution in [-0.4, -0.2) is 12.1 Å². The third-order valence-electron chi connectivity index (χ3n) is 3.75. The van der Waals surface area contributed by atoms with Gasteiger partial charge in [0, 0.05) is 15.4 Å². The van der Waals surface area contributed by atoms with Crippen LogP contribution in [0.2, 0.25) is 0 Å². The summed E-state index contributed by atoms with van der Waals surface area (Å²) in [6, 6.07) is 20.6. The van der Waals surface area contributed by atoms with E-state index in [0.29, 0.717) is 11.3 Å². The van der Waals surface area contributed by atoms with Crippen molar-refractivity contribution in [1.29, 1.82) is 0 Å². The van der Waals surface area contributed by atoms with Crippen molar-refractivity contribution in [2.75, 3.05) is 0 Å². The number of halogens is 1. The minimum absolute atomic E-state index is 0.194. The average molecular weight is 409 g/mol. The van der Waals surface area contributed by atoms with E-state index < -0.39 is 5.91 Å². The summed E-state index contributed by atoms with van der Waals surface area (Å²) >= 11 is 3.39. The van der Waals surface area contributed by atoms with Crippen LogP contribution in [-0.2, 0) is 0 Å². The van der Waals surface area contributed by atoms with Gasteiger partial charge in [-0.15, -0.1) is 0 Å². The van der Waals surface area contributed by atoms with Gasteiger partial charge in [-0.1, -0.05) is 46.3 Å². The Morgan fingerprint density at radius 1 is 1.00 bits per heavy atom. The van der Waals surface area contributed by atoms with Crippen molar-refractivity contribution in [1.82, 2.24) is 5.43 Å². The maximum absolute atomic E-state index is 12.2. The van der Waals surface area contributed by atoms with E-state index in [9.17, 15) is 4.79 Å². The van der Waals surface area contributed by atoms with Gasteiger partial charge in [-0.2, -0.15) is 5.10 Å². The van der Waals surface area contributed by atoms with E-state index in [0.717, 1.165) is 21.2 Å². The predicted octanol–water partition coefficient (Wildman–Crippen LogP) is 5.22. The molecule has 1 N–H and O–H groups in total. The lowest BCUT2D eigenvalue weighted by Gasteiger charge is -1.95. The molecule has 5 nitrogen and oxygen atoms in total. The Morgan fingerprint density at radius 3 is 2.69 bits per heavy atom. The number of carbonyl (C=O) groups is 1. The fourth-order valence-corrected chi connectivity index (χ4v) is 2.89. The molecule has 4 rings (SSSR count). The zero-order valence-corrected chi connectivity index (χ0v) is 15.1. The lowest BCUT2D eigenvalue weighted by molar-refractivity contribution is 0.0929. The summed E-state index contributed by atoms with van der Waals surface area (Å²) in [5, 5.41) is 4.76. The fraction of sp³-hybridized carbons (Fsp3) is 0. The average Bonchev–Trinajstić information content (AvgIpc) is 3.29. The first kappa shape index (κ1) is 16.4. The fourth-order valence-electron chi connectivity index (χ4n) is 2.52. The number of hydrazone groups is 1. The maximum Gasteiger partial charge on any atom is 0.307 e. The highest BCUT2D eigenvalue weighted by Gasteiger charge is 2.11. The van der Waals surface area contributed by atoms with E-state index in [2.05, 4.69) is 26.5 Å². The molecule has 2 aromatic heterocycles. The van der Waals surface area contributed by atoms with E-state index in [1.807, 2.05) is 48.5 Å². The second kappa shape index (κ2) is 7.01. The van der Waals surface area contributed by atoms with E-state index in [4.69, 9.17) is 8.83 Å². The largest absolute Gasteiger partial charge is 0.455 e. The molecular formula is C20H13BrN2O3. The van der Waals surface area contributed by atoms with Crippen LogP contribution in [0.4, 0.5) is 0 Å². The summed E-state index contributed by atoms with van der Waals surface area (Å²) < 4.78 is 12.1. The monoisotopic (exact) mass is 408 g/mol. The SMILES string of the molecule is O=C(N/N=C/c1ccc(-c2ccccc2)o1)c1cc2cc(Br)ccc2o1. The molecule has 26 heavy (non-hydrogen) atoms. The van der Waals surface area contributed by atoms with Crippen LogP contribution in [0.25, 0.3) is 22.3 Å². The molecule has 1 amide bonds. The Kier molecular flexibility index (Phi) is 4.41. The number of rotatable bonds is 4. The molecule has 0 saturated heterocycles. The predicted molar refractivity (Wildman–Crippen MR) is 103 cm³/mol. The normalized spacial score (nSPS) is 11.3. The summed E-state index contributed by atoms with van der Waals surface area (Å²) in [7, 11) is 0.